The van der Waals surface area contributed by atoms with E-state index in [0.717, 1.165) is 42.8 Å². The lowest BCUT2D eigenvalue weighted by Crippen LogP contribution is -2.38. The predicted molar refractivity (Wildman–Crippen MR) is 115 cm³/mol. The number of nitrogens with zero attached hydrogens (tertiary/aromatic N) is 6. The lowest BCUT2D eigenvalue weighted by molar-refractivity contribution is 0.142. The first-order chi connectivity index (χ1) is 15.1. The van der Waals surface area contributed by atoms with Gasteiger partial charge in [-0.25, -0.2) is 24.3 Å². The second-order valence-electron chi connectivity index (χ2n) is 7.98. The number of fused-ring (bicyclic) bond motifs is 2. The smallest absolute Gasteiger partial charge is 0.162 e. The summed E-state index contributed by atoms with van der Waals surface area (Å²) in [6, 6.07) is 4.67. The zero-order valence-corrected chi connectivity index (χ0v) is 17.3. The molecule has 3 aromatic heterocycles. The van der Waals surface area contributed by atoms with Crippen molar-refractivity contribution in [2.24, 2.45) is 0 Å². The summed E-state index contributed by atoms with van der Waals surface area (Å²) in [6.07, 6.45) is 5.06. The van der Waals surface area contributed by atoms with E-state index in [1.165, 1.54) is 12.4 Å². The minimum atomic E-state index is -0.280. The van der Waals surface area contributed by atoms with E-state index in [9.17, 15) is 9.50 Å². The van der Waals surface area contributed by atoms with E-state index >= 15 is 0 Å². The van der Waals surface area contributed by atoms with Gasteiger partial charge in [0.1, 0.15) is 23.5 Å². The quantitative estimate of drug-likeness (QED) is 0.437. The largest absolute Gasteiger partial charge is 0.395 e. The van der Waals surface area contributed by atoms with Crippen molar-refractivity contribution < 1.29 is 9.50 Å². The van der Waals surface area contributed by atoms with Crippen LogP contribution < -0.4 is 5.32 Å². The van der Waals surface area contributed by atoms with E-state index in [1.807, 2.05) is 6.92 Å². The number of imidazole rings is 2. The molecule has 0 radical (unpaired) electrons. The van der Waals surface area contributed by atoms with Crippen molar-refractivity contribution in [1.82, 2.24) is 34.4 Å². The Morgan fingerprint density at radius 2 is 2.23 bits per heavy atom. The number of H-pyrrole nitrogens is 1. The van der Waals surface area contributed by atoms with Crippen molar-refractivity contribution in [2.45, 2.75) is 31.8 Å². The van der Waals surface area contributed by atoms with E-state index in [4.69, 9.17) is 4.98 Å². The first kappa shape index (κ1) is 19.8. The highest BCUT2D eigenvalue weighted by Crippen LogP contribution is 2.32. The summed E-state index contributed by atoms with van der Waals surface area (Å²) >= 11 is 0. The number of anilines is 1. The number of nitrogens with one attached hydrogen (secondary N) is 2. The summed E-state index contributed by atoms with van der Waals surface area (Å²) in [5.41, 5.74) is 2.87. The zero-order valence-electron chi connectivity index (χ0n) is 17.3. The molecule has 0 aliphatic carbocycles. The van der Waals surface area contributed by atoms with Crippen LogP contribution >= 0.6 is 0 Å². The molecule has 1 aliphatic heterocycles. The molecular formula is C21H25FN8O. The zero-order chi connectivity index (χ0) is 21.4. The molecule has 0 amide bonds. The second-order valence-corrected chi connectivity index (χ2v) is 7.98. The minimum absolute atomic E-state index is 0.129. The van der Waals surface area contributed by atoms with Gasteiger partial charge in [0.2, 0.25) is 0 Å². The lowest BCUT2D eigenvalue weighted by atomic mass is 10.0. The van der Waals surface area contributed by atoms with Crippen molar-refractivity contribution >= 4 is 28.0 Å². The van der Waals surface area contributed by atoms with Crippen LogP contribution in [0.3, 0.4) is 0 Å². The fourth-order valence-electron chi connectivity index (χ4n) is 4.50. The third kappa shape index (κ3) is 3.72. The Hall–Kier alpha value is -3.11. The molecule has 0 saturated carbocycles. The van der Waals surface area contributed by atoms with Gasteiger partial charge < -0.3 is 20.0 Å². The fourth-order valence-corrected chi connectivity index (χ4v) is 4.50. The van der Waals surface area contributed by atoms with Gasteiger partial charge in [0.25, 0.3) is 0 Å². The Balaban J connectivity index is 1.54. The molecule has 0 unspecified atom stereocenters. The van der Waals surface area contributed by atoms with Crippen molar-refractivity contribution in [2.75, 3.05) is 31.6 Å². The summed E-state index contributed by atoms with van der Waals surface area (Å²) in [4.78, 5) is 22.9. The van der Waals surface area contributed by atoms with Gasteiger partial charge in [-0.05, 0) is 44.5 Å². The lowest BCUT2D eigenvalue weighted by Gasteiger charge is -2.34. The van der Waals surface area contributed by atoms with Crippen molar-refractivity contribution in [3.63, 3.8) is 0 Å². The number of β-amino-alcohol motifs (C(OH)–C–C–N with tert-alkyl or cyclic N) is 1. The number of hydrogen-bond donors (Lipinski definition) is 3. The maximum absolute atomic E-state index is 14.1. The van der Waals surface area contributed by atoms with E-state index in [-0.39, 0.29) is 24.5 Å². The maximum Gasteiger partial charge on any atom is 0.162 e. The number of benzene rings is 1. The highest BCUT2D eigenvalue weighted by atomic mass is 19.1. The van der Waals surface area contributed by atoms with Crippen LogP contribution in [0, 0.1) is 5.82 Å². The summed E-state index contributed by atoms with van der Waals surface area (Å²) in [5, 5.41) is 12.8. The van der Waals surface area contributed by atoms with E-state index in [2.05, 4.69) is 34.7 Å². The Kier molecular flexibility index (Phi) is 5.24. The summed E-state index contributed by atoms with van der Waals surface area (Å²) in [7, 11) is 0. The average Bonchev–Trinajstić information content (AvgIpc) is 3.39. The fraction of sp³-hybridized carbons (Fsp3) is 0.429. The highest BCUT2D eigenvalue weighted by Gasteiger charge is 2.27. The SMILES string of the molecule is C[C@H](Nc1ncnc2[nH]cnc12)c1nc2ccc(F)cc2n1[C@H]1CCCN(CCO)C1. The molecule has 31 heavy (non-hydrogen) atoms. The van der Waals surface area contributed by atoms with Crippen LogP contribution in [0.15, 0.2) is 30.9 Å². The van der Waals surface area contributed by atoms with Crippen molar-refractivity contribution in [1.29, 1.82) is 0 Å². The Labute approximate surface area is 178 Å². The van der Waals surface area contributed by atoms with Gasteiger partial charge in [0, 0.05) is 19.1 Å². The molecule has 1 saturated heterocycles. The number of aliphatic hydroxyl groups is 1. The molecular weight excluding hydrogens is 399 g/mol. The molecule has 4 aromatic rings. The third-order valence-corrected chi connectivity index (χ3v) is 5.90. The number of aliphatic hydroxyl groups excluding tert-OH is 1. The molecule has 2 atom stereocenters. The summed E-state index contributed by atoms with van der Waals surface area (Å²) < 4.78 is 16.3. The Morgan fingerprint density at radius 3 is 3.10 bits per heavy atom. The topological polar surface area (TPSA) is 108 Å². The van der Waals surface area contributed by atoms with Gasteiger partial charge in [-0.2, -0.15) is 0 Å². The molecule has 0 spiro atoms. The monoisotopic (exact) mass is 424 g/mol. The molecule has 1 aromatic carbocycles. The van der Waals surface area contributed by atoms with Crippen LogP contribution in [0.25, 0.3) is 22.2 Å². The predicted octanol–water partition coefficient (Wildman–Crippen LogP) is 2.64. The first-order valence-corrected chi connectivity index (χ1v) is 10.5. The molecule has 1 fully saturated rings. The molecule has 9 nitrogen and oxygen atoms in total. The van der Waals surface area contributed by atoms with E-state index < -0.39 is 0 Å². The van der Waals surface area contributed by atoms with E-state index in [1.54, 1.807) is 18.5 Å². The average molecular weight is 424 g/mol. The molecule has 4 heterocycles. The number of hydrogen-bond acceptors (Lipinski definition) is 7. The molecule has 162 valence electrons. The summed E-state index contributed by atoms with van der Waals surface area (Å²) in [6.45, 7) is 4.53. The van der Waals surface area contributed by atoms with Crippen LogP contribution in [0.1, 0.15) is 37.7 Å². The molecule has 5 rings (SSSR count). The third-order valence-electron chi connectivity index (χ3n) is 5.90. The van der Waals surface area contributed by atoms with Gasteiger partial charge in [-0.1, -0.05) is 0 Å². The van der Waals surface area contributed by atoms with Gasteiger partial charge >= 0.3 is 0 Å². The first-order valence-electron chi connectivity index (χ1n) is 10.5. The Bertz CT molecular complexity index is 1200. The van der Waals surface area contributed by atoms with Gasteiger partial charge in [-0.15, -0.1) is 0 Å². The Morgan fingerprint density at radius 1 is 1.32 bits per heavy atom. The number of aromatic nitrogens is 6. The van der Waals surface area contributed by atoms with Gasteiger partial charge in [0.05, 0.1) is 30.0 Å². The van der Waals surface area contributed by atoms with Crippen LogP contribution in [0.2, 0.25) is 0 Å². The number of aromatic amines is 1. The maximum atomic E-state index is 14.1. The molecule has 0 bridgehead atoms. The van der Waals surface area contributed by atoms with Crippen LogP contribution in [0.5, 0.6) is 0 Å². The van der Waals surface area contributed by atoms with Crippen LogP contribution in [-0.2, 0) is 0 Å². The summed E-state index contributed by atoms with van der Waals surface area (Å²) in [5.74, 6) is 1.16. The highest BCUT2D eigenvalue weighted by molar-refractivity contribution is 5.82. The number of rotatable bonds is 6. The van der Waals surface area contributed by atoms with Gasteiger partial charge in [0.15, 0.2) is 11.5 Å². The normalized spacial score (nSPS) is 18.6. The van der Waals surface area contributed by atoms with Crippen LogP contribution in [0.4, 0.5) is 10.2 Å². The molecule has 3 N–H and O–H groups in total. The standard InChI is InChI=1S/C21H25FN8O/c1-13(27-20-18-19(24-11-23-18)25-12-26-20)21-28-16-5-4-14(22)9-17(16)30(21)15-3-2-6-29(10-15)7-8-31/h4-5,9,11-13,15,31H,2-3,6-8,10H2,1H3,(H2,23,24,25,26,27)/t13-,15-/m0/s1. The number of piperidine rings is 1. The molecule has 1 aliphatic rings. The van der Waals surface area contributed by atoms with Crippen molar-refractivity contribution in [3.8, 4) is 0 Å². The van der Waals surface area contributed by atoms with Crippen molar-refractivity contribution in [3.05, 3.63) is 42.5 Å². The molecule has 10 heteroatoms. The minimum Gasteiger partial charge on any atom is -0.395 e. The van der Waals surface area contributed by atoms with Crippen LogP contribution in [-0.4, -0.2) is 65.7 Å². The van der Waals surface area contributed by atoms with E-state index in [0.29, 0.717) is 23.5 Å². The van der Waals surface area contributed by atoms with Gasteiger partial charge in [-0.3, -0.25) is 4.90 Å². The second kappa shape index (κ2) is 8.20. The number of halogens is 1. The number of likely N-dealkylation sites (tertiary alicyclic amines) is 1.